The van der Waals surface area contributed by atoms with E-state index in [0.29, 0.717) is 12.2 Å². The number of benzene rings is 2. The highest BCUT2D eigenvalue weighted by Gasteiger charge is 2.41. The number of methoxy groups -OCH3 is 1. The van der Waals surface area contributed by atoms with Gasteiger partial charge in [-0.05, 0) is 69.4 Å². The lowest BCUT2D eigenvalue weighted by molar-refractivity contribution is 0.0584. The molecule has 8 nitrogen and oxygen atoms in total. The topological polar surface area (TPSA) is 76.6 Å². The Morgan fingerprint density at radius 3 is 2.46 bits per heavy atom. The Kier molecular flexibility index (Phi) is 6.37. The van der Waals surface area contributed by atoms with Crippen LogP contribution in [0.5, 0.6) is 0 Å². The number of hydrogen-bond donors (Lipinski definition) is 0. The van der Waals surface area contributed by atoms with Gasteiger partial charge in [-0.2, -0.15) is 0 Å². The standard InChI is InChI=1S/C29H31F2N5O3/c1-16-27(17(2)39-33-16)18-5-12-25-24(13-18)32-28(35(25)19-6-9-21(38-4)10-7-19)26-15-34(3)29(37)36(26)20-8-11-22(30)23(31)14-20/h5,8,11-14,19,21,26H,6-7,9-10,15H2,1-4H3/t19?,21?,26-/m1/s1. The summed E-state index contributed by atoms with van der Waals surface area (Å²) in [5, 5.41) is 4.10. The molecule has 2 amide bonds. The number of rotatable bonds is 5. The molecular weight excluding hydrogens is 504 g/mol. The molecule has 39 heavy (non-hydrogen) atoms. The van der Waals surface area contributed by atoms with Gasteiger partial charge in [-0.15, -0.1) is 0 Å². The summed E-state index contributed by atoms with van der Waals surface area (Å²) >= 11 is 0. The highest BCUT2D eigenvalue weighted by molar-refractivity contribution is 5.95. The van der Waals surface area contributed by atoms with Crippen LogP contribution in [0.1, 0.15) is 55.0 Å². The minimum absolute atomic E-state index is 0.161. The molecule has 3 heterocycles. The number of aromatic nitrogens is 3. The molecule has 0 radical (unpaired) electrons. The van der Waals surface area contributed by atoms with Gasteiger partial charge in [0.25, 0.3) is 0 Å². The Morgan fingerprint density at radius 1 is 1.03 bits per heavy atom. The van der Waals surface area contributed by atoms with E-state index in [0.717, 1.165) is 77.3 Å². The zero-order valence-corrected chi connectivity index (χ0v) is 22.4. The Bertz CT molecular complexity index is 1540. The van der Waals surface area contributed by atoms with Gasteiger partial charge in [-0.25, -0.2) is 18.6 Å². The van der Waals surface area contributed by atoms with Gasteiger partial charge >= 0.3 is 6.03 Å². The third kappa shape index (κ3) is 4.27. The lowest BCUT2D eigenvalue weighted by Crippen LogP contribution is -2.32. The zero-order valence-electron chi connectivity index (χ0n) is 22.4. The maximum absolute atomic E-state index is 14.3. The Morgan fingerprint density at radius 2 is 1.79 bits per heavy atom. The second-order valence-electron chi connectivity index (χ2n) is 10.6. The van der Waals surface area contributed by atoms with Crippen LogP contribution in [0.25, 0.3) is 22.2 Å². The fourth-order valence-electron chi connectivity index (χ4n) is 6.18. The summed E-state index contributed by atoms with van der Waals surface area (Å²) in [5.41, 5.74) is 4.75. The average molecular weight is 536 g/mol. The number of likely N-dealkylation sites (N-methyl/N-ethyl adjacent to an activating group) is 1. The van der Waals surface area contributed by atoms with Gasteiger partial charge in [-0.1, -0.05) is 11.2 Å². The van der Waals surface area contributed by atoms with Crippen LogP contribution in [0.2, 0.25) is 0 Å². The molecule has 2 aliphatic rings. The fraction of sp³-hybridized carbons (Fsp3) is 0.414. The van der Waals surface area contributed by atoms with E-state index >= 15 is 0 Å². The molecule has 2 aromatic carbocycles. The maximum atomic E-state index is 14.3. The third-order valence-electron chi connectivity index (χ3n) is 8.15. The average Bonchev–Trinajstić information content (AvgIpc) is 3.57. The van der Waals surface area contributed by atoms with Crippen molar-refractivity contribution >= 4 is 22.8 Å². The smallest absolute Gasteiger partial charge is 0.325 e. The number of imidazole rings is 1. The quantitative estimate of drug-likeness (QED) is 0.299. The predicted octanol–water partition coefficient (Wildman–Crippen LogP) is 6.33. The Hall–Kier alpha value is -3.79. The van der Waals surface area contributed by atoms with E-state index < -0.39 is 17.7 Å². The van der Waals surface area contributed by atoms with Gasteiger partial charge in [0.05, 0.1) is 29.4 Å². The van der Waals surface area contributed by atoms with Crippen molar-refractivity contribution in [3.8, 4) is 11.1 Å². The number of nitrogens with zero attached hydrogens (tertiary/aromatic N) is 5. The fourth-order valence-corrected chi connectivity index (χ4v) is 6.18. The van der Waals surface area contributed by atoms with Gasteiger partial charge in [0.1, 0.15) is 17.6 Å². The van der Waals surface area contributed by atoms with Crippen LogP contribution in [0.3, 0.4) is 0 Å². The van der Waals surface area contributed by atoms with Gasteiger partial charge in [0.2, 0.25) is 0 Å². The van der Waals surface area contributed by atoms with E-state index in [1.54, 1.807) is 19.1 Å². The molecule has 2 aromatic heterocycles. The first-order valence-electron chi connectivity index (χ1n) is 13.2. The summed E-state index contributed by atoms with van der Waals surface area (Å²) in [6, 6.07) is 9.11. The van der Waals surface area contributed by atoms with Crippen molar-refractivity contribution in [2.45, 2.75) is 57.7 Å². The van der Waals surface area contributed by atoms with Crippen molar-refractivity contribution in [1.82, 2.24) is 19.6 Å². The maximum Gasteiger partial charge on any atom is 0.325 e. The van der Waals surface area contributed by atoms with Crippen LogP contribution >= 0.6 is 0 Å². The highest BCUT2D eigenvalue weighted by atomic mass is 19.2. The van der Waals surface area contributed by atoms with Crippen LogP contribution in [0.15, 0.2) is 40.9 Å². The van der Waals surface area contributed by atoms with Crippen LogP contribution in [0, 0.1) is 25.5 Å². The van der Waals surface area contributed by atoms with Gasteiger partial charge in [0, 0.05) is 37.5 Å². The highest BCUT2D eigenvalue weighted by Crippen LogP contribution is 2.41. The molecule has 4 aromatic rings. The molecule has 1 aliphatic carbocycles. The Balaban J connectivity index is 1.50. The second-order valence-corrected chi connectivity index (χ2v) is 10.6. The molecule has 204 valence electrons. The number of ether oxygens (including phenoxy) is 1. The summed E-state index contributed by atoms with van der Waals surface area (Å²) in [6.45, 7) is 4.16. The number of aryl methyl sites for hydroxylation is 2. The van der Waals surface area contributed by atoms with Crippen LogP contribution < -0.4 is 4.90 Å². The predicted molar refractivity (Wildman–Crippen MR) is 143 cm³/mol. The third-order valence-corrected chi connectivity index (χ3v) is 8.15. The minimum atomic E-state index is -0.996. The molecule has 1 saturated carbocycles. The van der Waals surface area contributed by atoms with Gasteiger partial charge < -0.3 is 18.7 Å². The number of amides is 2. The monoisotopic (exact) mass is 535 g/mol. The lowest BCUT2D eigenvalue weighted by Gasteiger charge is -2.32. The Labute approximate surface area is 225 Å². The van der Waals surface area contributed by atoms with E-state index in [-0.39, 0.29) is 18.2 Å². The molecular formula is C29H31F2N5O3. The van der Waals surface area contributed by atoms with E-state index in [1.807, 2.05) is 19.9 Å². The SMILES string of the molecule is COC1CCC(n2c([C@H]3CN(C)C(=O)N3c3ccc(F)c(F)c3)nc3cc(-c4c(C)noc4C)ccc32)CC1. The van der Waals surface area contributed by atoms with Crippen LogP contribution in [0.4, 0.5) is 19.3 Å². The van der Waals surface area contributed by atoms with Crippen LogP contribution in [-0.2, 0) is 4.74 Å². The van der Waals surface area contributed by atoms with Crippen molar-refractivity contribution in [2.24, 2.45) is 0 Å². The molecule has 1 saturated heterocycles. The summed E-state index contributed by atoms with van der Waals surface area (Å²) in [4.78, 5) is 21.5. The minimum Gasteiger partial charge on any atom is -0.381 e. The normalized spacial score (nSPS) is 21.9. The summed E-state index contributed by atoms with van der Waals surface area (Å²) in [7, 11) is 3.46. The van der Waals surface area contributed by atoms with Gasteiger partial charge in [-0.3, -0.25) is 4.90 Å². The molecule has 2 fully saturated rings. The van der Waals surface area contributed by atoms with E-state index in [9.17, 15) is 13.6 Å². The molecule has 0 spiro atoms. The molecule has 6 rings (SSSR count). The summed E-state index contributed by atoms with van der Waals surface area (Å²) in [6.07, 6.45) is 3.89. The van der Waals surface area contributed by atoms with Crippen molar-refractivity contribution in [1.29, 1.82) is 0 Å². The van der Waals surface area contributed by atoms with E-state index in [2.05, 4.69) is 21.9 Å². The molecule has 1 atom stereocenters. The number of fused-ring (bicyclic) bond motifs is 1. The number of carbonyl (C=O) groups excluding carboxylic acids is 1. The summed E-state index contributed by atoms with van der Waals surface area (Å²) < 4.78 is 41.3. The number of halogens is 2. The molecule has 0 N–H and O–H groups in total. The first-order valence-corrected chi connectivity index (χ1v) is 13.2. The number of hydrogen-bond acceptors (Lipinski definition) is 5. The van der Waals surface area contributed by atoms with E-state index in [1.165, 1.54) is 11.0 Å². The molecule has 0 unspecified atom stereocenters. The van der Waals surface area contributed by atoms with Gasteiger partial charge in [0.15, 0.2) is 11.6 Å². The van der Waals surface area contributed by atoms with E-state index in [4.69, 9.17) is 14.2 Å². The van der Waals surface area contributed by atoms with Crippen molar-refractivity contribution in [3.63, 3.8) is 0 Å². The zero-order chi connectivity index (χ0) is 27.4. The van der Waals surface area contributed by atoms with Crippen molar-refractivity contribution in [2.75, 3.05) is 25.6 Å². The number of urea groups is 1. The second kappa shape index (κ2) is 9.75. The molecule has 10 heteroatoms. The number of carbonyl (C=O) groups is 1. The van der Waals surface area contributed by atoms with Crippen molar-refractivity contribution < 1.29 is 22.8 Å². The first kappa shape index (κ1) is 25.5. The molecule has 1 aliphatic heterocycles. The molecule has 0 bridgehead atoms. The summed E-state index contributed by atoms with van der Waals surface area (Å²) in [5.74, 6) is -0.491. The first-order chi connectivity index (χ1) is 18.8. The van der Waals surface area contributed by atoms with Crippen LogP contribution in [-0.4, -0.2) is 52.4 Å². The number of anilines is 1. The lowest BCUT2D eigenvalue weighted by atomic mass is 9.92. The largest absolute Gasteiger partial charge is 0.381 e. The van der Waals surface area contributed by atoms with Crippen molar-refractivity contribution in [3.05, 3.63) is 65.3 Å².